The second-order valence-electron chi connectivity index (χ2n) is 7.55. The Hall–Kier alpha value is -2.60. The SMILES string of the molecule is CC1CCc2[nH]c3c(C(=O)NCCS(=O)(=O)c4ccccc4)cccc3c2C1. The van der Waals surface area contributed by atoms with Gasteiger partial charge < -0.3 is 10.3 Å². The number of aromatic amines is 1. The molecule has 1 aliphatic carbocycles. The third-order valence-corrected chi connectivity index (χ3v) is 7.20. The van der Waals surface area contributed by atoms with Crippen LogP contribution in [0.15, 0.2) is 53.4 Å². The van der Waals surface area contributed by atoms with Gasteiger partial charge in [0.05, 0.1) is 21.7 Å². The number of para-hydroxylation sites is 1. The predicted molar refractivity (Wildman–Crippen MR) is 110 cm³/mol. The zero-order chi connectivity index (χ0) is 19.7. The van der Waals surface area contributed by atoms with E-state index in [1.54, 1.807) is 36.4 Å². The maximum absolute atomic E-state index is 12.7. The standard InChI is InChI=1S/C22H24N2O3S/c1-15-10-11-20-19(14-15)17-8-5-9-18(21(17)24-20)22(25)23-12-13-28(26,27)16-6-3-2-4-7-16/h2-9,15,24H,10-14H2,1H3,(H,23,25). The highest BCUT2D eigenvalue weighted by Crippen LogP contribution is 2.32. The van der Waals surface area contributed by atoms with Crippen LogP contribution in [0.3, 0.4) is 0 Å². The summed E-state index contributed by atoms with van der Waals surface area (Å²) in [7, 11) is -3.41. The van der Waals surface area contributed by atoms with E-state index in [1.807, 2.05) is 6.07 Å². The normalized spacial score (nSPS) is 16.7. The number of benzene rings is 2. The molecule has 5 nitrogen and oxygen atoms in total. The number of hydrogen-bond acceptors (Lipinski definition) is 3. The summed E-state index contributed by atoms with van der Waals surface area (Å²) in [6.45, 7) is 2.33. The molecule has 0 aliphatic heterocycles. The number of nitrogens with one attached hydrogen (secondary N) is 2. The van der Waals surface area contributed by atoms with Gasteiger partial charge in [0, 0.05) is 17.6 Å². The minimum absolute atomic E-state index is 0.0733. The number of fused-ring (bicyclic) bond motifs is 3. The van der Waals surface area contributed by atoms with E-state index >= 15 is 0 Å². The monoisotopic (exact) mass is 396 g/mol. The first-order valence-electron chi connectivity index (χ1n) is 9.64. The molecule has 0 fully saturated rings. The van der Waals surface area contributed by atoms with E-state index in [9.17, 15) is 13.2 Å². The zero-order valence-corrected chi connectivity index (χ0v) is 16.7. The molecule has 0 spiro atoms. The van der Waals surface area contributed by atoms with E-state index in [0.29, 0.717) is 11.5 Å². The van der Waals surface area contributed by atoms with Gasteiger partial charge in [-0.25, -0.2) is 8.42 Å². The topological polar surface area (TPSA) is 79.0 Å². The van der Waals surface area contributed by atoms with Crippen molar-refractivity contribution in [2.75, 3.05) is 12.3 Å². The number of sulfone groups is 1. The number of rotatable bonds is 5. The Balaban J connectivity index is 1.51. The lowest BCUT2D eigenvalue weighted by atomic mass is 9.87. The van der Waals surface area contributed by atoms with Gasteiger partial charge in [-0.3, -0.25) is 4.79 Å². The van der Waals surface area contributed by atoms with Crippen LogP contribution in [-0.4, -0.2) is 31.6 Å². The van der Waals surface area contributed by atoms with Crippen LogP contribution < -0.4 is 5.32 Å². The summed E-state index contributed by atoms with van der Waals surface area (Å²) in [5.41, 5.74) is 3.96. The first-order chi connectivity index (χ1) is 13.5. The van der Waals surface area contributed by atoms with Crippen molar-refractivity contribution >= 4 is 26.6 Å². The Labute approximate surface area is 165 Å². The number of H-pyrrole nitrogens is 1. The summed E-state index contributed by atoms with van der Waals surface area (Å²) >= 11 is 0. The van der Waals surface area contributed by atoms with E-state index < -0.39 is 9.84 Å². The molecule has 1 aromatic heterocycles. The first-order valence-corrected chi connectivity index (χ1v) is 11.3. The van der Waals surface area contributed by atoms with E-state index in [2.05, 4.69) is 23.3 Å². The average molecular weight is 397 g/mol. The van der Waals surface area contributed by atoms with E-state index in [0.717, 1.165) is 30.2 Å². The summed E-state index contributed by atoms with van der Waals surface area (Å²) in [6.07, 6.45) is 3.18. The van der Waals surface area contributed by atoms with Gasteiger partial charge in [0.1, 0.15) is 0 Å². The van der Waals surface area contributed by atoms with E-state index in [1.165, 1.54) is 11.3 Å². The minimum atomic E-state index is -3.41. The summed E-state index contributed by atoms with van der Waals surface area (Å²) in [5, 5.41) is 3.87. The molecule has 1 amide bonds. The molecule has 28 heavy (non-hydrogen) atoms. The van der Waals surface area contributed by atoms with Crippen molar-refractivity contribution in [3.8, 4) is 0 Å². The van der Waals surface area contributed by atoms with Gasteiger partial charge in [0.2, 0.25) is 0 Å². The Morgan fingerprint density at radius 2 is 1.93 bits per heavy atom. The van der Waals surface area contributed by atoms with Gasteiger partial charge in [-0.1, -0.05) is 37.3 Å². The minimum Gasteiger partial charge on any atom is -0.358 e. The number of carbonyl (C=O) groups is 1. The highest BCUT2D eigenvalue weighted by atomic mass is 32.2. The van der Waals surface area contributed by atoms with Gasteiger partial charge in [0.15, 0.2) is 9.84 Å². The highest BCUT2D eigenvalue weighted by molar-refractivity contribution is 7.91. The lowest BCUT2D eigenvalue weighted by Gasteiger charge is -2.17. The van der Waals surface area contributed by atoms with Gasteiger partial charge >= 0.3 is 0 Å². The molecular weight excluding hydrogens is 372 g/mol. The van der Waals surface area contributed by atoms with E-state index in [-0.39, 0.29) is 23.1 Å². The van der Waals surface area contributed by atoms with Gasteiger partial charge in [-0.15, -0.1) is 0 Å². The van der Waals surface area contributed by atoms with Crippen LogP contribution in [0.1, 0.15) is 35.0 Å². The largest absolute Gasteiger partial charge is 0.358 e. The molecule has 2 aromatic carbocycles. The predicted octanol–water partition coefficient (Wildman–Crippen LogP) is 3.50. The fourth-order valence-corrected chi connectivity index (χ4v) is 5.12. The molecule has 0 saturated carbocycles. The average Bonchev–Trinajstić information content (AvgIpc) is 3.06. The molecule has 0 bridgehead atoms. The van der Waals surface area contributed by atoms with Crippen LogP contribution in [0.2, 0.25) is 0 Å². The third kappa shape index (κ3) is 3.56. The number of aromatic nitrogens is 1. The van der Waals surface area contributed by atoms with Crippen LogP contribution in [0.5, 0.6) is 0 Å². The maximum atomic E-state index is 12.7. The molecule has 2 N–H and O–H groups in total. The van der Waals surface area contributed by atoms with E-state index in [4.69, 9.17) is 0 Å². The van der Waals surface area contributed by atoms with Crippen LogP contribution in [0.4, 0.5) is 0 Å². The lowest BCUT2D eigenvalue weighted by molar-refractivity contribution is 0.0957. The Morgan fingerprint density at radius 3 is 2.71 bits per heavy atom. The van der Waals surface area contributed by atoms with Gasteiger partial charge in [-0.05, 0) is 48.9 Å². The first kappa shape index (κ1) is 18.7. The second kappa shape index (κ2) is 7.43. The smallest absolute Gasteiger partial charge is 0.253 e. The zero-order valence-electron chi connectivity index (χ0n) is 15.9. The molecule has 0 saturated heterocycles. The van der Waals surface area contributed by atoms with Gasteiger partial charge in [0.25, 0.3) is 5.91 Å². The van der Waals surface area contributed by atoms with Crippen molar-refractivity contribution in [3.63, 3.8) is 0 Å². The Bertz CT molecular complexity index is 1120. The maximum Gasteiger partial charge on any atom is 0.253 e. The van der Waals surface area contributed by atoms with Crippen molar-refractivity contribution in [3.05, 3.63) is 65.4 Å². The second-order valence-corrected chi connectivity index (χ2v) is 9.66. The fourth-order valence-electron chi connectivity index (χ4n) is 3.94. The number of hydrogen-bond donors (Lipinski definition) is 2. The molecule has 1 aliphatic rings. The summed E-state index contributed by atoms with van der Waals surface area (Å²) in [4.78, 5) is 16.4. The molecule has 1 atom stereocenters. The third-order valence-electron chi connectivity index (χ3n) is 5.47. The van der Waals surface area contributed by atoms with Crippen molar-refractivity contribution in [1.29, 1.82) is 0 Å². The summed E-state index contributed by atoms with van der Waals surface area (Å²) in [6, 6.07) is 14.0. The molecule has 1 heterocycles. The number of carbonyl (C=O) groups excluding carboxylic acids is 1. The fraction of sp³-hybridized carbons (Fsp3) is 0.318. The van der Waals surface area contributed by atoms with Crippen molar-refractivity contribution < 1.29 is 13.2 Å². The Morgan fingerprint density at radius 1 is 1.14 bits per heavy atom. The molecule has 0 radical (unpaired) electrons. The van der Waals surface area contributed by atoms with Crippen LogP contribution in [0, 0.1) is 5.92 Å². The van der Waals surface area contributed by atoms with Crippen molar-refractivity contribution in [2.24, 2.45) is 5.92 Å². The van der Waals surface area contributed by atoms with Crippen LogP contribution in [0.25, 0.3) is 10.9 Å². The summed E-state index contributed by atoms with van der Waals surface area (Å²) in [5.74, 6) is 0.268. The molecule has 146 valence electrons. The quantitative estimate of drug-likeness (QED) is 0.693. The molecular formula is C22H24N2O3S. The highest BCUT2D eigenvalue weighted by Gasteiger charge is 2.22. The molecule has 3 aromatic rings. The molecule has 6 heteroatoms. The lowest BCUT2D eigenvalue weighted by Crippen LogP contribution is -2.29. The van der Waals surface area contributed by atoms with Crippen LogP contribution in [-0.2, 0) is 22.7 Å². The van der Waals surface area contributed by atoms with Gasteiger partial charge in [-0.2, -0.15) is 0 Å². The number of amides is 1. The molecule has 1 unspecified atom stereocenters. The van der Waals surface area contributed by atoms with Crippen molar-refractivity contribution in [1.82, 2.24) is 10.3 Å². The molecule has 4 rings (SSSR count). The summed E-state index contributed by atoms with van der Waals surface area (Å²) < 4.78 is 24.7. The Kier molecular flexibility index (Phi) is 4.98. The number of aryl methyl sites for hydroxylation is 1. The van der Waals surface area contributed by atoms with Crippen LogP contribution >= 0.6 is 0 Å². The van der Waals surface area contributed by atoms with Crippen molar-refractivity contribution in [2.45, 2.75) is 31.1 Å².